The number of hydrogen-bond donors (Lipinski definition) is 2. The molecule has 5 nitrogen and oxygen atoms in total. The minimum Gasteiger partial charge on any atom is -0.495 e. The Bertz CT molecular complexity index is 697. The van der Waals surface area contributed by atoms with E-state index in [4.69, 9.17) is 4.74 Å². The van der Waals surface area contributed by atoms with Crippen LogP contribution in [0.15, 0.2) is 54.6 Å². The van der Waals surface area contributed by atoms with Gasteiger partial charge in [0.2, 0.25) is 0 Å². The van der Waals surface area contributed by atoms with Crippen molar-refractivity contribution in [3.8, 4) is 5.75 Å². The van der Waals surface area contributed by atoms with Gasteiger partial charge in [0.1, 0.15) is 5.75 Å². The van der Waals surface area contributed by atoms with Crippen LogP contribution >= 0.6 is 0 Å². The topological polar surface area (TPSA) is 61.8 Å². The first-order chi connectivity index (χ1) is 12.2. The number of aliphatic hydroxyl groups excluding tert-OH is 1. The van der Waals surface area contributed by atoms with Crippen LogP contribution in [-0.2, 0) is 0 Å². The van der Waals surface area contributed by atoms with Crippen LogP contribution in [0.2, 0.25) is 0 Å². The highest BCUT2D eigenvalue weighted by Gasteiger charge is 2.28. The first-order valence-electron chi connectivity index (χ1n) is 8.61. The van der Waals surface area contributed by atoms with Gasteiger partial charge in [-0.3, -0.25) is 0 Å². The smallest absolute Gasteiger partial charge is 0.321 e. The summed E-state index contributed by atoms with van der Waals surface area (Å²) in [5, 5.41) is 13.4. The Labute approximate surface area is 148 Å². The van der Waals surface area contributed by atoms with Gasteiger partial charge in [-0.05, 0) is 36.5 Å². The summed E-state index contributed by atoms with van der Waals surface area (Å²) in [7, 11) is 1.58. The lowest BCUT2D eigenvalue weighted by Gasteiger charge is -2.34. The Kier molecular flexibility index (Phi) is 5.56. The van der Waals surface area contributed by atoms with E-state index in [2.05, 4.69) is 5.32 Å². The van der Waals surface area contributed by atoms with E-state index < -0.39 is 6.10 Å². The number of amides is 2. The normalized spacial score (nSPS) is 16.3. The zero-order valence-electron chi connectivity index (χ0n) is 14.4. The number of carbonyl (C=O) groups excluding carboxylic acids is 1. The fraction of sp³-hybridized carbons (Fsp3) is 0.350. The molecular weight excluding hydrogens is 316 g/mol. The number of rotatable bonds is 4. The van der Waals surface area contributed by atoms with Gasteiger partial charge in [0.25, 0.3) is 0 Å². The van der Waals surface area contributed by atoms with Crippen LogP contribution in [0.4, 0.5) is 10.5 Å². The molecule has 0 aliphatic carbocycles. The predicted molar refractivity (Wildman–Crippen MR) is 97.7 cm³/mol. The fourth-order valence-electron chi connectivity index (χ4n) is 3.28. The van der Waals surface area contributed by atoms with E-state index in [-0.39, 0.29) is 11.9 Å². The van der Waals surface area contributed by atoms with Crippen molar-refractivity contribution in [3.05, 3.63) is 60.2 Å². The van der Waals surface area contributed by atoms with Gasteiger partial charge in [0.15, 0.2) is 0 Å². The van der Waals surface area contributed by atoms with E-state index in [1.165, 1.54) is 0 Å². The van der Waals surface area contributed by atoms with E-state index in [9.17, 15) is 9.90 Å². The Morgan fingerprint density at radius 3 is 2.44 bits per heavy atom. The van der Waals surface area contributed by atoms with E-state index in [0.717, 1.165) is 18.4 Å². The van der Waals surface area contributed by atoms with Gasteiger partial charge in [-0.1, -0.05) is 42.5 Å². The van der Waals surface area contributed by atoms with E-state index in [1.807, 2.05) is 54.6 Å². The first kappa shape index (κ1) is 17.3. The Balaban J connectivity index is 1.56. The highest BCUT2D eigenvalue weighted by atomic mass is 16.5. The zero-order valence-corrected chi connectivity index (χ0v) is 14.4. The second kappa shape index (κ2) is 8.03. The summed E-state index contributed by atoms with van der Waals surface area (Å²) in [4.78, 5) is 14.3. The summed E-state index contributed by atoms with van der Waals surface area (Å²) in [6.07, 6.45) is 1.10. The number of methoxy groups -OCH3 is 1. The number of likely N-dealkylation sites (tertiary alicyclic amines) is 1. The molecule has 1 fully saturated rings. The molecule has 0 saturated carbocycles. The number of nitrogens with zero attached hydrogens (tertiary/aromatic N) is 1. The molecule has 2 aromatic carbocycles. The average molecular weight is 340 g/mol. The lowest BCUT2D eigenvalue weighted by Crippen LogP contribution is -2.42. The molecule has 0 bridgehead atoms. The van der Waals surface area contributed by atoms with Crippen LogP contribution in [0.1, 0.15) is 24.5 Å². The van der Waals surface area contributed by atoms with Crippen molar-refractivity contribution in [2.75, 3.05) is 25.5 Å². The van der Waals surface area contributed by atoms with E-state index >= 15 is 0 Å². The third-order valence-corrected chi connectivity index (χ3v) is 4.76. The van der Waals surface area contributed by atoms with Gasteiger partial charge in [-0.15, -0.1) is 0 Å². The molecule has 25 heavy (non-hydrogen) atoms. The largest absolute Gasteiger partial charge is 0.495 e. The zero-order chi connectivity index (χ0) is 17.6. The van der Waals surface area contributed by atoms with Crippen LogP contribution in [0.3, 0.4) is 0 Å². The Morgan fingerprint density at radius 2 is 1.76 bits per heavy atom. The molecule has 0 radical (unpaired) electrons. The SMILES string of the molecule is COc1ccccc1NC(=O)N1CCC(C(O)c2ccccc2)CC1. The molecule has 1 saturated heterocycles. The molecule has 2 aromatic rings. The molecular formula is C20H24N2O3. The molecule has 2 N–H and O–H groups in total. The van der Waals surface area contributed by atoms with E-state index in [1.54, 1.807) is 12.0 Å². The Morgan fingerprint density at radius 1 is 1.12 bits per heavy atom. The third kappa shape index (κ3) is 4.12. The van der Waals surface area contributed by atoms with Crippen LogP contribution in [0.5, 0.6) is 5.75 Å². The number of carbonyl (C=O) groups is 1. The fourth-order valence-corrected chi connectivity index (χ4v) is 3.28. The second-order valence-corrected chi connectivity index (χ2v) is 6.31. The third-order valence-electron chi connectivity index (χ3n) is 4.76. The monoisotopic (exact) mass is 340 g/mol. The van der Waals surface area contributed by atoms with Crippen molar-refractivity contribution >= 4 is 11.7 Å². The van der Waals surface area contributed by atoms with Gasteiger partial charge in [0.05, 0.1) is 18.9 Å². The molecule has 132 valence electrons. The standard InChI is InChI=1S/C20H24N2O3/c1-25-18-10-6-5-9-17(18)21-20(24)22-13-11-16(12-14-22)19(23)15-7-3-2-4-8-15/h2-10,16,19,23H,11-14H2,1H3,(H,21,24). The lowest BCUT2D eigenvalue weighted by atomic mass is 9.87. The molecule has 1 heterocycles. The van der Waals surface area contributed by atoms with Crippen molar-refractivity contribution < 1.29 is 14.6 Å². The molecule has 1 aliphatic rings. The minimum absolute atomic E-state index is 0.128. The van der Waals surface area contributed by atoms with Crippen molar-refractivity contribution in [1.82, 2.24) is 4.90 Å². The first-order valence-corrected chi connectivity index (χ1v) is 8.61. The Hall–Kier alpha value is -2.53. The molecule has 0 spiro atoms. The quantitative estimate of drug-likeness (QED) is 0.893. The number of nitrogens with one attached hydrogen (secondary N) is 1. The summed E-state index contributed by atoms with van der Waals surface area (Å²) in [5.41, 5.74) is 1.61. The molecule has 0 aromatic heterocycles. The van der Waals surface area contributed by atoms with Crippen LogP contribution in [0, 0.1) is 5.92 Å². The van der Waals surface area contributed by atoms with Gasteiger partial charge in [-0.25, -0.2) is 4.79 Å². The molecule has 1 aliphatic heterocycles. The number of piperidine rings is 1. The summed E-state index contributed by atoms with van der Waals surface area (Å²) in [6.45, 7) is 1.27. The highest BCUT2D eigenvalue weighted by Crippen LogP contribution is 2.31. The number of aliphatic hydroxyl groups is 1. The lowest BCUT2D eigenvalue weighted by molar-refractivity contribution is 0.0683. The highest BCUT2D eigenvalue weighted by molar-refractivity contribution is 5.91. The molecule has 1 atom stereocenters. The summed E-state index contributed by atoms with van der Waals surface area (Å²) >= 11 is 0. The van der Waals surface area contributed by atoms with Crippen molar-refractivity contribution in [2.24, 2.45) is 5.92 Å². The summed E-state index contributed by atoms with van der Waals surface area (Å²) in [6, 6.07) is 17.0. The van der Waals surface area contributed by atoms with Gasteiger partial charge >= 0.3 is 6.03 Å². The number of hydrogen-bond acceptors (Lipinski definition) is 3. The predicted octanol–water partition coefficient (Wildman–Crippen LogP) is 3.67. The molecule has 1 unspecified atom stereocenters. The van der Waals surface area contributed by atoms with Crippen LogP contribution in [0.25, 0.3) is 0 Å². The minimum atomic E-state index is -0.472. The molecule has 2 amide bonds. The number of urea groups is 1. The van der Waals surface area contributed by atoms with Gasteiger partial charge in [-0.2, -0.15) is 0 Å². The maximum atomic E-state index is 12.5. The van der Waals surface area contributed by atoms with Crippen molar-refractivity contribution in [3.63, 3.8) is 0 Å². The summed E-state index contributed by atoms with van der Waals surface area (Å²) in [5.74, 6) is 0.822. The number of anilines is 1. The average Bonchev–Trinajstić information content (AvgIpc) is 2.68. The number of ether oxygens (including phenoxy) is 1. The van der Waals surface area contributed by atoms with Gasteiger partial charge in [0, 0.05) is 13.1 Å². The molecule has 5 heteroatoms. The second-order valence-electron chi connectivity index (χ2n) is 6.31. The van der Waals surface area contributed by atoms with Crippen LogP contribution < -0.4 is 10.1 Å². The maximum absolute atomic E-state index is 12.5. The molecule has 3 rings (SSSR count). The number of benzene rings is 2. The maximum Gasteiger partial charge on any atom is 0.321 e. The number of para-hydroxylation sites is 2. The van der Waals surface area contributed by atoms with Crippen molar-refractivity contribution in [1.29, 1.82) is 0 Å². The van der Waals surface area contributed by atoms with E-state index in [0.29, 0.717) is 24.5 Å². The summed E-state index contributed by atoms with van der Waals surface area (Å²) < 4.78 is 5.26. The van der Waals surface area contributed by atoms with Crippen LogP contribution in [-0.4, -0.2) is 36.2 Å². The van der Waals surface area contributed by atoms with Crippen molar-refractivity contribution in [2.45, 2.75) is 18.9 Å². The van der Waals surface area contributed by atoms with Gasteiger partial charge < -0.3 is 20.1 Å².